The minimum atomic E-state index is -1.14. The third-order valence-electron chi connectivity index (χ3n) is 3.83. The fourth-order valence-electron chi connectivity index (χ4n) is 2.47. The Morgan fingerprint density at radius 2 is 2.16 bits per heavy atom. The number of rotatable bonds is 4. The summed E-state index contributed by atoms with van der Waals surface area (Å²) in [6, 6.07) is 7.71. The van der Waals surface area contributed by atoms with Gasteiger partial charge < -0.3 is 14.8 Å². The fourth-order valence-corrected chi connectivity index (χ4v) is 2.47. The summed E-state index contributed by atoms with van der Waals surface area (Å²) in [6.07, 6.45) is 1.01. The summed E-state index contributed by atoms with van der Waals surface area (Å²) in [5, 5.41) is 10.9. The topological polar surface area (TPSA) is 60.4 Å². The largest absolute Gasteiger partial charge is 0.550 e. The van der Waals surface area contributed by atoms with Gasteiger partial charge in [-0.3, -0.25) is 4.79 Å². The number of hydrogen-bond donors (Lipinski definition) is 0. The molecule has 4 heteroatoms. The van der Waals surface area contributed by atoms with Crippen LogP contribution >= 0.6 is 0 Å². The van der Waals surface area contributed by atoms with Crippen LogP contribution in [0.25, 0.3) is 0 Å². The van der Waals surface area contributed by atoms with Crippen LogP contribution in [0.4, 0.5) is 5.69 Å². The van der Waals surface area contributed by atoms with Gasteiger partial charge >= 0.3 is 0 Å². The predicted molar refractivity (Wildman–Crippen MR) is 70.6 cm³/mol. The second-order valence-corrected chi connectivity index (χ2v) is 5.09. The van der Waals surface area contributed by atoms with Crippen molar-refractivity contribution in [3.05, 3.63) is 29.8 Å². The zero-order chi connectivity index (χ0) is 14.0. The molecule has 1 aliphatic rings. The van der Waals surface area contributed by atoms with Crippen molar-refractivity contribution in [2.75, 3.05) is 11.4 Å². The van der Waals surface area contributed by atoms with Crippen LogP contribution in [-0.2, 0) is 9.59 Å². The molecule has 0 radical (unpaired) electrons. The minimum Gasteiger partial charge on any atom is -0.550 e. The molecule has 1 saturated heterocycles. The van der Waals surface area contributed by atoms with E-state index in [1.165, 1.54) is 0 Å². The molecule has 1 aliphatic heterocycles. The molecule has 1 heterocycles. The average Bonchev–Trinajstić information content (AvgIpc) is 2.80. The molecule has 1 aromatic carbocycles. The van der Waals surface area contributed by atoms with Crippen molar-refractivity contribution in [3.63, 3.8) is 0 Å². The maximum atomic E-state index is 12.0. The van der Waals surface area contributed by atoms with E-state index in [1.54, 1.807) is 4.90 Å². The Morgan fingerprint density at radius 3 is 2.74 bits per heavy atom. The molecule has 1 fully saturated rings. The fraction of sp³-hybridized carbons (Fsp3) is 0.467. The van der Waals surface area contributed by atoms with Crippen molar-refractivity contribution >= 4 is 17.6 Å². The van der Waals surface area contributed by atoms with E-state index in [2.05, 4.69) is 13.8 Å². The van der Waals surface area contributed by atoms with Gasteiger partial charge in [-0.05, 0) is 24.0 Å². The van der Waals surface area contributed by atoms with E-state index >= 15 is 0 Å². The Morgan fingerprint density at radius 1 is 1.47 bits per heavy atom. The lowest BCUT2D eigenvalue weighted by molar-refractivity contribution is -0.310. The van der Waals surface area contributed by atoms with Crippen LogP contribution in [0.2, 0.25) is 0 Å². The van der Waals surface area contributed by atoms with Crippen molar-refractivity contribution in [3.8, 4) is 0 Å². The summed E-state index contributed by atoms with van der Waals surface area (Å²) in [4.78, 5) is 24.5. The van der Waals surface area contributed by atoms with Gasteiger partial charge in [0, 0.05) is 30.5 Å². The summed E-state index contributed by atoms with van der Waals surface area (Å²) < 4.78 is 0. The first-order valence-corrected chi connectivity index (χ1v) is 6.64. The van der Waals surface area contributed by atoms with Crippen LogP contribution < -0.4 is 10.0 Å². The number of carbonyl (C=O) groups excluding carboxylic acids is 2. The van der Waals surface area contributed by atoms with Crippen LogP contribution in [0.3, 0.4) is 0 Å². The molecule has 4 nitrogen and oxygen atoms in total. The number of anilines is 1. The summed E-state index contributed by atoms with van der Waals surface area (Å²) in [5.41, 5.74) is 1.93. The van der Waals surface area contributed by atoms with Crippen molar-refractivity contribution in [2.45, 2.75) is 32.6 Å². The number of amides is 1. The van der Waals surface area contributed by atoms with Crippen molar-refractivity contribution in [2.24, 2.45) is 5.92 Å². The molecule has 102 valence electrons. The van der Waals surface area contributed by atoms with Gasteiger partial charge in [-0.1, -0.05) is 32.0 Å². The number of hydrogen-bond acceptors (Lipinski definition) is 3. The molecule has 1 aromatic rings. The minimum absolute atomic E-state index is 0.0389. The first-order valence-electron chi connectivity index (χ1n) is 6.64. The Labute approximate surface area is 113 Å². The number of aliphatic carboxylic acids is 1. The lowest BCUT2D eigenvalue weighted by Gasteiger charge is -2.23. The Bertz CT molecular complexity index is 498. The average molecular weight is 260 g/mol. The van der Waals surface area contributed by atoms with Gasteiger partial charge in [-0.15, -0.1) is 0 Å². The van der Waals surface area contributed by atoms with E-state index < -0.39 is 11.9 Å². The van der Waals surface area contributed by atoms with Gasteiger partial charge in [0.2, 0.25) is 5.91 Å². The highest BCUT2D eigenvalue weighted by Gasteiger charge is 2.32. The molecule has 0 saturated carbocycles. The van der Waals surface area contributed by atoms with E-state index in [0.29, 0.717) is 5.92 Å². The summed E-state index contributed by atoms with van der Waals surface area (Å²) >= 11 is 0. The van der Waals surface area contributed by atoms with Gasteiger partial charge in [0.05, 0.1) is 0 Å². The molecule has 0 N–H and O–H groups in total. The van der Waals surface area contributed by atoms with E-state index in [0.717, 1.165) is 17.7 Å². The number of para-hydroxylation sites is 1. The number of benzene rings is 1. The molecular formula is C15H18NO3-. The molecule has 0 spiro atoms. The molecule has 0 bridgehead atoms. The Kier molecular flexibility index (Phi) is 3.88. The number of carboxylic acid groups (broad SMARTS) is 1. The van der Waals surface area contributed by atoms with Crippen molar-refractivity contribution in [1.29, 1.82) is 0 Å². The maximum absolute atomic E-state index is 12.0. The zero-order valence-electron chi connectivity index (χ0n) is 11.3. The summed E-state index contributed by atoms with van der Waals surface area (Å²) in [7, 11) is 0. The molecule has 1 amide bonds. The van der Waals surface area contributed by atoms with Crippen LogP contribution in [0.1, 0.15) is 38.2 Å². The molecular weight excluding hydrogens is 242 g/mol. The Hall–Kier alpha value is -1.84. The second-order valence-electron chi connectivity index (χ2n) is 5.09. The first-order chi connectivity index (χ1) is 9.04. The van der Waals surface area contributed by atoms with Crippen LogP contribution in [0.5, 0.6) is 0 Å². The van der Waals surface area contributed by atoms with E-state index in [-0.39, 0.29) is 18.9 Å². The highest BCUT2D eigenvalue weighted by atomic mass is 16.4. The van der Waals surface area contributed by atoms with Gasteiger partial charge in [-0.25, -0.2) is 0 Å². The Balaban J connectivity index is 2.32. The normalized spacial score (nSPS) is 20.6. The van der Waals surface area contributed by atoms with Gasteiger partial charge in [0.25, 0.3) is 0 Å². The summed E-state index contributed by atoms with van der Waals surface area (Å²) in [5.74, 6) is -1.63. The summed E-state index contributed by atoms with van der Waals surface area (Å²) in [6.45, 7) is 4.42. The number of carbonyl (C=O) groups is 2. The number of nitrogens with zero attached hydrogens (tertiary/aromatic N) is 1. The molecule has 0 unspecified atom stereocenters. The van der Waals surface area contributed by atoms with Crippen LogP contribution in [0, 0.1) is 5.92 Å². The second kappa shape index (κ2) is 5.43. The zero-order valence-corrected chi connectivity index (χ0v) is 11.3. The monoisotopic (exact) mass is 260 g/mol. The SMILES string of the molecule is CC[C@@H](C)c1ccccc1N1C[C@@H](C(=O)[O-])CC1=O. The predicted octanol–water partition coefficient (Wildman–Crippen LogP) is 1.30. The van der Waals surface area contributed by atoms with Crippen LogP contribution in [-0.4, -0.2) is 18.4 Å². The van der Waals surface area contributed by atoms with Crippen LogP contribution in [0.15, 0.2) is 24.3 Å². The lowest BCUT2D eigenvalue weighted by Crippen LogP contribution is -2.33. The van der Waals surface area contributed by atoms with E-state index in [4.69, 9.17) is 0 Å². The first kappa shape index (κ1) is 13.6. The van der Waals surface area contributed by atoms with E-state index in [1.807, 2.05) is 24.3 Å². The molecule has 2 atom stereocenters. The van der Waals surface area contributed by atoms with Gasteiger partial charge in [-0.2, -0.15) is 0 Å². The standard InChI is InChI=1S/C15H19NO3/c1-3-10(2)12-6-4-5-7-13(12)16-9-11(15(18)19)8-14(16)17/h4-7,10-11H,3,8-9H2,1-2H3,(H,18,19)/p-1/t10-,11+/m1/s1. The van der Waals surface area contributed by atoms with Gasteiger partial charge in [0.1, 0.15) is 0 Å². The van der Waals surface area contributed by atoms with Gasteiger partial charge in [0.15, 0.2) is 0 Å². The smallest absolute Gasteiger partial charge is 0.227 e. The molecule has 2 rings (SSSR count). The third kappa shape index (κ3) is 2.62. The maximum Gasteiger partial charge on any atom is 0.227 e. The highest BCUT2D eigenvalue weighted by molar-refractivity contribution is 5.99. The van der Waals surface area contributed by atoms with Crippen molar-refractivity contribution < 1.29 is 14.7 Å². The quantitative estimate of drug-likeness (QED) is 0.820. The van der Waals surface area contributed by atoms with E-state index in [9.17, 15) is 14.7 Å². The number of carboxylic acids is 1. The lowest BCUT2D eigenvalue weighted by atomic mass is 9.96. The van der Waals surface area contributed by atoms with Crippen molar-refractivity contribution in [1.82, 2.24) is 0 Å². The third-order valence-corrected chi connectivity index (χ3v) is 3.83. The molecule has 19 heavy (non-hydrogen) atoms. The molecule has 0 aromatic heterocycles. The highest BCUT2D eigenvalue weighted by Crippen LogP contribution is 2.33. The molecule has 0 aliphatic carbocycles.